The zero-order valence-corrected chi connectivity index (χ0v) is 11.0. The average molecular weight is 266 g/mol. The van der Waals surface area contributed by atoms with Crippen LogP contribution in [0.15, 0.2) is 66.7 Å². The van der Waals surface area contributed by atoms with Gasteiger partial charge in [0.05, 0.1) is 6.10 Å². The first-order valence-electron chi connectivity index (χ1n) is 6.64. The van der Waals surface area contributed by atoms with Crippen molar-refractivity contribution in [3.8, 4) is 0 Å². The van der Waals surface area contributed by atoms with E-state index in [1.807, 2.05) is 42.5 Å². The van der Waals surface area contributed by atoms with Crippen LogP contribution < -0.4 is 0 Å². The largest absolute Gasteiger partial charge is 0.388 e. The Morgan fingerprint density at radius 3 is 2.35 bits per heavy atom. The maximum absolute atomic E-state index is 12.9. The van der Waals surface area contributed by atoms with Gasteiger partial charge < -0.3 is 5.11 Å². The van der Waals surface area contributed by atoms with Crippen molar-refractivity contribution in [1.29, 1.82) is 0 Å². The van der Waals surface area contributed by atoms with Gasteiger partial charge in [-0.15, -0.1) is 0 Å². The third-order valence-electron chi connectivity index (χ3n) is 3.52. The highest BCUT2D eigenvalue weighted by Crippen LogP contribution is 2.26. The minimum atomic E-state index is -0.591. The second-order valence-electron chi connectivity index (χ2n) is 4.91. The normalized spacial score (nSPS) is 12.5. The third kappa shape index (κ3) is 2.56. The fourth-order valence-electron chi connectivity index (χ4n) is 2.49. The van der Waals surface area contributed by atoms with E-state index in [0.717, 1.165) is 21.9 Å². The van der Waals surface area contributed by atoms with E-state index in [1.54, 1.807) is 12.1 Å². The van der Waals surface area contributed by atoms with Crippen LogP contribution in [0.3, 0.4) is 0 Å². The summed E-state index contributed by atoms with van der Waals surface area (Å²) >= 11 is 0. The molecule has 0 fully saturated rings. The summed E-state index contributed by atoms with van der Waals surface area (Å²) in [7, 11) is 0. The molecule has 100 valence electrons. The van der Waals surface area contributed by atoms with Gasteiger partial charge in [-0.25, -0.2) is 4.39 Å². The third-order valence-corrected chi connectivity index (χ3v) is 3.52. The first-order chi connectivity index (χ1) is 9.74. The maximum atomic E-state index is 12.9. The molecule has 0 aliphatic rings. The molecule has 0 aromatic heterocycles. The summed E-state index contributed by atoms with van der Waals surface area (Å²) in [5.74, 6) is -0.256. The molecular weight excluding hydrogens is 251 g/mol. The van der Waals surface area contributed by atoms with Gasteiger partial charge in [0.25, 0.3) is 0 Å². The van der Waals surface area contributed by atoms with Crippen molar-refractivity contribution in [2.24, 2.45) is 0 Å². The molecule has 3 aromatic carbocycles. The molecule has 1 nitrogen and oxygen atoms in total. The van der Waals surface area contributed by atoms with Crippen molar-refractivity contribution in [3.63, 3.8) is 0 Å². The molecule has 1 unspecified atom stereocenters. The Kier molecular flexibility index (Phi) is 3.48. The molecule has 1 atom stereocenters. The Balaban J connectivity index is 1.92. The predicted octanol–water partition coefficient (Wildman–Crippen LogP) is 4.26. The molecule has 2 heteroatoms. The molecule has 0 saturated heterocycles. The van der Waals surface area contributed by atoms with Crippen LogP contribution >= 0.6 is 0 Å². The lowest BCUT2D eigenvalue weighted by Crippen LogP contribution is -2.02. The van der Waals surface area contributed by atoms with Crippen LogP contribution in [0, 0.1) is 5.82 Å². The highest BCUT2D eigenvalue weighted by atomic mass is 19.1. The van der Waals surface area contributed by atoms with E-state index in [2.05, 4.69) is 0 Å². The van der Waals surface area contributed by atoms with Crippen LogP contribution in [0.2, 0.25) is 0 Å². The van der Waals surface area contributed by atoms with Gasteiger partial charge in [-0.3, -0.25) is 0 Å². The Morgan fingerprint density at radius 1 is 0.850 bits per heavy atom. The molecule has 0 aliphatic heterocycles. The average Bonchev–Trinajstić information content (AvgIpc) is 2.49. The molecule has 0 saturated carbocycles. The van der Waals surface area contributed by atoms with Crippen molar-refractivity contribution in [1.82, 2.24) is 0 Å². The number of aliphatic hydroxyl groups excluding tert-OH is 1. The minimum absolute atomic E-state index is 0.256. The zero-order valence-electron chi connectivity index (χ0n) is 11.0. The smallest absolute Gasteiger partial charge is 0.123 e. The van der Waals surface area contributed by atoms with E-state index < -0.39 is 6.10 Å². The Bertz CT molecular complexity index is 714. The fourth-order valence-corrected chi connectivity index (χ4v) is 2.49. The maximum Gasteiger partial charge on any atom is 0.123 e. The molecule has 3 aromatic rings. The highest BCUT2D eigenvalue weighted by Gasteiger charge is 2.11. The van der Waals surface area contributed by atoms with Crippen molar-refractivity contribution in [2.45, 2.75) is 12.5 Å². The topological polar surface area (TPSA) is 20.2 Å². The molecule has 20 heavy (non-hydrogen) atoms. The Morgan fingerprint density at radius 2 is 1.55 bits per heavy atom. The fraction of sp³-hybridized carbons (Fsp3) is 0.111. The number of benzene rings is 3. The lowest BCUT2D eigenvalue weighted by Gasteiger charge is -2.14. The van der Waals surface area contributed by atoms with Crippen molar-refractivity contribution < 1.29 is 9.50 Å². The van der Waals surface area contributed by atoms with Gasteiger partial charge in [-0.2, -0.15) is 0 Å². The summed E-state index contributed by atoms with van der Waals surface area (Å²) < 4.78 is 12.9. The van der Waals surface area contributed by atoms with E-state index in [4.69, 9.17) is 0 Å². The van der Waals surface area contributed by atoms with Gasteiger partial charge in [0.2, 0.25) is 0 Å². The quantitative estimate of drug-likeness (QED) is 0.751. The van der Waals surface area contributed by atoms with E-state index in [0.29, 0.717) is 6.42 Å². The van der Waals surface area contributed by atoms with Gasteiger partial charge in [0, 0.05) is 6.42 Å². The van der Waals surface area contributed by atoms with Gasteiger partial charge in [0.15, 0.2) is 0 Å². The van der Waals surface area contributed by atoms with Gasteiger partial charge in [-0.1, -0.05) is 54.6 Å². The lowest BCUT2D eigenvalue weighted by atomic mass is 9.96. The molecule has 0 heterocycles. The standard InChI is InChI=1S/C18H15FO/c19-15-10-8-13(9-11-15)12-18(20)17-7-3-5-14-4-1-2-6-16(14)17/h1-11,18,20H,12H2. The molecule has 0 amide bonds. The van der Waals surface area contributed by atoms with E-state index in [-0.39, 0.29) is 5.82 Å². The van der Waals surface area contributed by atoms with Crippen LogP contribution in [-0.4, -0.2) is 5.11 Å². The highest BCUT2D eigenvalue weighted by molar-refractivity contribution is 5.85. The first-order valence-corrected chi connectivity index (χ1v) is 6.64. The van der Waals surface area contributed by atoms with Gasteiger partial charge >= 0.3 is 0 Å². The van der Waals surface area contributed by atoms with Crippen LogP contribution in [-0.2, 0) is 6.42 Å². The van der Waals surface area contributed by atoms with Crippen LogP contribution in [0.4, 0.5) is 4.39 Å². The van der Waals surface area contributed by atoms with E-state index in [9.17, 15) is 9.50 Å². The van der Waals surface area contributed by atoms with Crippen molar-refractivity contribution in [3.05, 3.63) is 83.7 Å². The van der Waals surface area contributed by atoms with Crippen LogP contribution in [0.1, 0.15) is 17.2 Å². The molecule has 0 aliphatic carbocycles. The monoisotopic (exact) mass is 266 g/mol. The zero-order chi connectivity index (χ0) is 13.9. The Hall–Kier alpha value is -2.19. The molecular formula is C18H15FO. The van der Waals surface area contributed by atoms with Crippen molar-refractivity contribution >= 4 is 10.8 Å². The Labute approximate surface area is 117 Å². The van der Waals surface area contributed by atoms with Gasteiger partial charge in [-0.05, 0) is 34.0 Å². The summed E-state index contributed by atoms with van der Waals surface area (Å²) in [6.45, 7) is 0. The molecule has 0 spiro atoms. The SMILES string of the molecule is OC(Cc1ccc(F)cc1)c1cccc2ccccc12. The van der Waals surface area contributed by atoms with E-state index in [1.165, 1.54) is 12.1 Å². The summed E-state index contributed by atoms with van der Waals surface area (Å²) in [5.41, 5.74) is 1.83. The molecule has 1 N–H and O–H groups in total. The van der Waals surface area contributed by atoms with Gasteiger partial charge in [0.1, 0.15) is 5.82 Å². The molecule has 0 bridgehead atoms. The summed E-state index contributed by atoms with van der Waals surface area (Å²) in [5, 5.41) is 12.6. The lowest BCUT2D eigenvalue weighted by molar-refractivity contribution is 0.180. The first kappa shape index (κ1) is 12.8. The number of rotatable bonds is 3. The van der Waals surface area contributed by atoms with Crippen molar-refractivity contribution in [2.75, 3.05) is 0 Å². The number of halogens is 1. The number of fused-ring (bicyclic) bond motifs is 1. The molecule has 3 rings (SSSR count). The predicted molar refractivity (Wildman–Crippen MR) is 79.0 cm³/mol. The summed E-state index contributed by atoms with van der Waals surface area (Å²) in [6, 6.07) is 20.2. The molecule has 0 radical (unpaired) electrons. The number of aliphatic hydroxyl groups is 1. The van der Waals surface area contributed by atoms with E-state index >= 15 is 0 Å². The second kappa shape index (κ2) is 5.43. The van der Waals surface area contributed by atoms with Crippen LogP contribution in [0.5, 0.6) is 0 Å². The van der Waals surface area contributed by atoms with Crippen LogP contribution in [0.25, 0.3) is 10.8 Å². The second-order valence-corrected chi connectivity index (χ2v) is 4.91. The minimum Gasteiger partial charge on any atom is -0.388 e. The number of hydrogen-bond acceptors (Lipinski definition) is 1. The summed E-state index contributed by atoms with van der Waals surface area (Å²) in [6.07, 6.45) is -0.111. The number of hydrogen-bond donors (Lipinski definition) is 1. The summed E-state index contributed by atoms with van der Waals surface area (Å²) in [4.78, 5) is 0.